The number of amides is 1. The van der Waals surface area contributed by atoms with Gasteiger partial charge in [-0.05, 0) is 50.5 Å². The van der Waals surface area contributed by atoms with Crippen LogP contribution in [0.25, 0.3) is 22.1 Å². The highest BCUT2D eigenvalue weighted by Crippen LogP contribution is 2.29. The van der Waals surface area contributed by atoms with Crippen molar-refractivity contribution in [1.82, 2.24) is 5.32 Å². The van der Waals surface area contributed by atoms with Crippen LogP contribution in [0, 0.1) is 0 Å². The van der Waals surface area contributed by atoms with Gasteiger partial charge in [-0.25, -0.2) is 14.4 Å². The maximum absolute atomic E-state index is 12.6. The minimum Gasteiger partial charge on any atom is -0.444 e. The Morgan fingerprint density at radius 1 is 1.06 bits per heavy atom. The monoisotopic (exact) mass is 423 g/mol. The summed E-state index contributed by atoms with van der Waals surface area (Å²) in [5.74, 6) is -0.440. The minimum atomic E-state index is -0.881. The SMILES string of the molecule is CC[C@H](NC(=O)OC(C)(C)C)C(=O)Oc1ccc2c(-c3ccccc3)cc(=O)oc2c1. The van der Waals surface area contributed by atoms with Crippen LogP contribution < -0.4 is 15.7 Å². The standard InChI is InChI=1S/C24H25NO6/c1-5-19(25-23(28)31-24(2,3)4)22(27)29-16-11-12-17-18(15-9-7-6-8-10-15)14-21(26)30-20(17)13-16/h6-14,19H,5H2,1-4H3,(H,25,28)/t19-/m0/s1. The minimum absolute atomic E-state index is 0.204. The highest BCUT2D eigenvalue weighted by atomic mass is 16.6. The molecule has 3 rings (SSSR count). The number of nitrogens with one attached hydrogen (secondary N) is 1. The normalized spacial score (nSPS) is 12.3. The number of alkyl carbamates (subject to hydrolysis) is 1. The molecule has 0 aliphatic heterocycles. The quantitative estimate of drug-likeness (QED) is 0.364. The van der Waals surface area contributed by atoms with Crippen molar-refractivity contribution in [1.29, 1.82) is 0 Å². The molecular formula is C24H25NO6. The zero-order valence-corrected chi connectivity index (χ0v) is 17.9. The molecule has 0 aliphatic carbocycles. The Hall–Kier alpha value is -3.61. The van der Waals surface area contributed by atoms with Gasteiger partial charge in [0, 0.05) is 17.5 Å². The van der Waals surface area contributed by atoms with Crippen molar-refractivity contribution in [3.8, 4) is 16.9 Å². The second-order valence-electron chi connectivity index (χ2n) is 8.03. The molecular weight excluding hydrogens is 398 g/mol. The number of hydrogen-bond donors (Lipinski definition) is 1. The van der Waals surface area contributed by atoms with Crippen LogP contribution in [0.2, 0.25) is 0 Å². The Morgan fingerprint density at radius 2 is 1.77 bits per heavy atom. The summed E-state index contributed by atoms with van der Waals surface area (Å²) in [4.78, 5) is 36.6. The summed E-state index contributed by atoms with van der Waals surface area (Å²) >= 11 is 0. The molecule has 162 valence electrons. The van der Waals surface area contributed by atoms with Crippen molar-refractivity contribution in [2.24, 2.45) is 0 Å². The van der Waals surface area contributed by atoms with E-state index in [1.54, 1.807) is 39.8 Å². The van der Waals surface area contributed by atoms with E-state index in [0.29, 0.717) is 17.4 Å². The van der Waals surface area contributed by atoms with Crippen molar-refractivity contribution in [3.63, 3.8) is 0 Å². The molecule has 1 heterocycles. The van der Waals surface area contributed by atoms with Gasteiger partial charge in [-0.3, -0.25) is 0 Å². The van der Waals surface area contributed by atoms with Crippen molar-refractivity contribution in [2.45, 2.75) is 45.8 Å². The molecule has 0 aliphatic rings. The third-order valence-corrected chi connectivity index (χ3v) is 4.40. The third-order valence-electron chi connectivity index (χ3n) is 4.40. The predicted molar refractivity (Wildman–Crippen MR) is 117 cm³/mol. The molecule has 0 unspecified atom stereocenters. The molecule has 1 N–H and O–H groups in total. The van der Waals surface area contributed by atoms with Gasteiger partial charge in [-0.1, -0.05) is 37.3 Å². The molecule has 1 amide bonds. The fourth-order valence-electron chi connectivity index (χ4n) is 3.03. The summed E-state index contributed by atoms with van der Waals surface area (Å²) in [6.07, 6.45) is -0.382. The van der Waals surface area contributed by atoms with Crippen LogP contribution in [-0.4, -0.2) is 23.7 Å². The van der Waals surface area contributed by atoms with E-state index in [-0.39, 0.29) is 5.75 Å². The highest BCUT2D eigenvalue weighted by Gasteiger charge is 2.24. The lowest BCUT2D eigenvalue weighted by Gasteiger charge is -2.22. The Kier molecular flexibility index (Phi) is 6.44. The van der Waals surface area contributed by atoms with Gasteiger partial charge in [-0.2, -0.15) is 0 Å². The smallest absolute Gasteiger partial charge is 0.408 e. The molecule has 1 atom stereocenters. The number of esters is 1. The van der Waals surface area contributed by atoms with E-state index >= 15 is 0 Å². The lowest BCUT2D eigenvalue weighted by Crippen LogP contribution is -2.44. The van der Waals surface area contributed by atoms with E-state index in [1.165, 1.54) is 12.1 Å². The number of rotatable bonds is 5. The van der Waals surface area contributed by atoms with Crippen LogP contribution in [0.3, 0.4) is 0 Å². The van der Waals surface area contributed by atoms with Crippen LogP contribution in [-0.2, 0) is 9.53 Å². The number of carbonyl (C=O) groups excluding carboxylic acids is 2. The van der Waals surface area contributed by atoms with Crippen LogP contribution >= 0.6 is 0 Å². The first-order chi connectivity index (χ1) is 14.7. The summed E-state index contributed by atoms with van der Waals surface area (Å²) in [7, 11) is 0. The van der Waals surface area contributed by atoms with Gasteiger partial charge in [-0.15, -0.1) is 0 Å². The summed E-state index contributed by atoms with van der Waals surface area (Å²) in [5, 5.41) is 3.22. The van der Waals surface area contributed by atoms with Gasteiger partial charge in [0.1, 0.15) is 23.0 Å². The Balaban J connectivity index is 1.82. The Bertz CT molecular complexity index is 1140. The lowest BCUT2D eigenvalue weighted by atomic mass is 10.0. The molecule has 3 aromatic rings. The topological polar surface area (TPSA) is 94.8 Å². The van der Waals surface area contributed by atoms with E-state index in [4.69, 9.17) is 13.9 Å². The van der Waals surface area contributed by atoms with Gasteiger partial charge >= 0.3 is 17.7 Å². The van der Waals surface area contributed by atoms with Crippen molar-refractivity contribution in [3.05, 3.63) is 65.0 Å². The van der Waals surface area contributed by atoms with Gasteiger partial charge in [0.2, 0.25) is 0 Å². The molecule has 0 spiro atoms. The average Bonchev–Trinajstić information content (AvgIpc) is 2.70. The number of ether oxygens (including phenoxy) is 2. The largest absolute Gasteiger partial charge is 0.444 e. The molecule has 7 heteroatoms. The summed E-state index contributed by atoms with van der Waals surface area (Å²) in [6, 6.07) is 14.8. The predicted octanol–water partition coefficient (Wildman–Crippen LogP) is 4.67. The highest BCUT2D eigenvalue weighted by molar-refractivity contribution is 5.94. The van der Waals surface area contributed by atoms with Gasteiger partial charge < -0.3 is 19.2 Å². The number of fused-ring (bicyclic) bond motifs is 1. The van der Waals surface area contributed by atoms with Crippen LogP contribution in [0.15, 0.2) is 63.8 Å². The molecule has 0 radical (unpaired) electrons. The summed E-state index contributed by atoms with van der Waals surface area (Å²) in [6.45, 7) is 6.95. The maximum atomic E-state index is 12.6. The van der Waals surface area contributed by atoms with Crippen molar-refractivity contribution < 1.29 is 23.5 Å². The van der Waals surface area contributed by atoms with E-state index in [0.717, 1.165) is 11.1 Å². The average molecular weight is 423 g/mol. The van der Waals surface area contributed by atoms with Crippen LogP contribution in [0.4, 0.5) is 4.79 Å². The summed E-state index contributed by atoms with van der Waals surface area (Å²) in [5.41, 5.74) is 0.705. The van der Waals surface area contributed by atoms with E-state index < -0.39 is 29.3 Å². The van der Waals surface area contributed by atoms with Gasteiger partial charge in [0.15, 0.2) is 0 Å². The molecule has 0 saturated carbocycles. The number of benzene rings is 2. The first-order valence-electron chi connectivity index (χ1n) is 10.0. The molecule has 0 bridgehead atoms. The second kappa shape index (κ2) is 9.04. The number of carbonyl (C=O) groups is 2. The zero-order valence-electron chi connectivity index (χ0n) is 17.9. The van der Waals surface area contributed by atoms with E-state index in [2.05, 4.69) is 5.32 Å². The third kappa shape index (κ3) is 5.72. The lowest BCUT2D eigenvalue weighted by molar-refractivity contribution is -0.136. The van der Waals surface area contributed by atoms with E-state index in [1.807, 2.05) is 30.3 Å². The first kappa shape index (κ1) is 22.1. The molecule has 0 fully saturated rings. The second-order valence-corrected chi connectivity index (χ2v) is 8.03. The first-order valence-corrected chi connectivity index (χ1v) is 10.0. The Labute approximate surface area is 180 Å². The molecule has 31 heavy (non-hydrogen) atoms. The molecule has 0 saturated heterocycles. The fraction of sp³-hybridized carbons (Fsp3) is 0.292. The van der Waals surface area contributed by atoms with Gasteiger partial charge in [0.25, 0.3) is 0 Å². The Morgan fingerprint density at radius 3 is 2.42 bits per heavy atom. The van der Waals surface area contributed by atoms with Crippen molar-refractivity contribution in [2.75, 3.05) is 0 Å². The van der Waals surface area contributed by atoms with Crippen LogP contribution in [0.5, 0.6) is 5.75 Å². The maximum Gasteiger partial charge on any atom is 0.408 e. The van der Waals surface area contributed by atoms with Crippen LogP contribution in [0.1, 0.15) is 34.1 Å². The summed E-state index contributed by atoms with van der Waals surface area (Å²) < 4.78 is 15.9. The zero-order chi connectivity index (χ0) is 22.6. The molecule has 7 nitrogen and oxygen atoms in total. The molecule has 2 aromatic carbocycles. The van der Waals surface area contributed by atoms with Crippen molar-refractivity contribution >= 4 is 23.0 Å². The number of hydrogen-bond acceptors (Lipinski definition) is 6. The fourth-order valence-corrected chi connectivity index (χ4v) is 3.03. The molecule has 1 aromatic heterocycles. The van der Waals surface area contributed by atoms with Gasteiger partial charge in [0.05, 0.1) is 0 Å². The van der Waals surface area contributed by atoms with E-state index in [9.17, 15) is 14.4 Å².